The topological polar surface area (TPSA) is 69.3 Å². The van der Waals surface area contributed by atoms with Crippen LogP contribution < -0.4 is 10.1 Å². The molecular weight excluding hydrogens is 438 g/mol. The molecule has 1 N–H and O–H groups in total. The van der Waals surface area contributed by atoms with Gasteiger partial charge >= 0.3 is 0 Å². The van der Waals surface area contributed by atoms with Crippen molar-refractivity contribution in [2.24, 2.45) is 0 Å². The van der Waals surface area contributed by atoms with Gasteiger partial charge in [-0.05, 0) is 73.6 Å². The van der Waals surface area contributed by atoms with Gasteiger partial charge in [0.1, 0.15) is 11.6 Å². The maximum absolute atomic E-state index is 12.1. The number of hydrogen-bond donors (Lipinski definition) is 1. The van der Waals surface area contributed by atoms with Gasteiger partial charge < -0.3 is 19.0 Å². The summed E-state index contributed by atoms with van der Waals surface area (Å²) in [6, 6.07) is 20.1. The Morgan fingerprint density at radius 1 is 1.06 bits per heavy atom. The molecule has 0 fully saturated rings. The number of benzene rings is 2. The van der Waals surface area contributed by atoms with Gasteiger partial charge in [-0.3, -0.25) is 4.79 Å². The number of furan rings is 1. The van der Waals surface area contributed by atoms with Crippen LogP contribution >= 0.6 is 0 Å². The number of aromatic nitrogens is 2. The first kappa shape index (κ1) is 24.6. The first-order valence-electron chi connectivity index (χ1n) is 12.6. The number of carbonyl (C=O) groups is 1. The zero-order chi connectivity index (χ0) is 24.5. The highest BCUT2D eigenvalue weighted by molar-refractivity contribution is 5.91. The molecule has 0 saturated carbocycles. The van der Waals surface area contributed by atoms with Crippen molar-refractivity contribution in [2.45, 2.75) is 58.4 Å². The Balaban J connectivity index is 1.26. The lowest BCUT2D eigenvalue weighted by molar-refractivity contribution is 0.0925. The van der Waals surface area contributed by atoms with E-state index in [2.05, 4.69) is 66.2 Å². The number of fused-ring (bicyclic) bond motifs is 1. The SMILES string of the molecule is CCC(C)c1ccc(OCCCCn2c(CCCNC(=O)c3ccco3)nc3ccccc32)cc1. The normalized spacial score (nSPS) is 12.1. The highest BCUT2D eigenvalue weighted by atomic mass is 16.5. The van der Waals surface area contributed by atoms with Crippen molar-refractivity contribution >= 4 is 16.9 Å². The second kappa shape index (κ2) is 12.2. The van der Waals surface area contributed by atoms with E-state index in [1.165, 1.54) is 11.8 Å². The number of para-hydroxylation sites is 2. The fourth-order valence-electron chi connectivity index (χ4n) is 4.20. The molecule has 35 heavy (non-hydrogen) atoms. The number of nitrogens with zero attached hydrogens (tertiary/aromatic N) is 2. The molecule has 0 spiro atoms. The Hall–Kier alpha value is -3.54. The number of aryl methyl sites for hydroxylation is 2. The summed E-state index contributed by atoms with van der Waals surface area (Å²) in [7, 11) is 0. The number of hydrogen-bond acceptors (Lipinski definition) is 4. The van der Waals surface area contributed by atoms with Gasteiger partial charge in [-0.25, -0.2) is 4.98 Å². The van der Waals surface area contributed by atoms with Crippen LogP contribution in [0, 0.1) is 0 Å². The molecular formula is C29H35N3O3. The summed E-state index contributed by atoms with van der Waals surface area (Å²) >= 11 is 0. The Bertz CT molecular complexity index is 1200. The molecule has 6 heteroatoms. The van der Waals surface area contributed by atoms with Crippen LogP contribution in [0.4, 0.5) is 0 Å². The highest BCUT2D eigenvalue weighted by Gasteiger charge is 2.11. The van der Waals surface area contributed by atoms with E-state index in [0.717, 1.165) is 61.3 Å². The van der Waals surface area contributed by atoms with E-state index >= 15 is 0 Å². The average Bonchev–Trinajstić information content (AvgIpc) is 3.55. The average molecular weight is 474 g/mol. The molecule has 0 saturated heterocycles. The number of imidazole rings is 1. The van der Waals surface area contributed by atoms with Gasteiger partial charge in [0.2, 0.25) is 0 Å². The number of unbranched alkanes of at least 4 members (excludes halogenated alkanes) is 1. The minimum absolute atomic E-state index is 0.182. The molecule has 2 aromatic carbocycles. The van der Waals surface area contributed by atoms with E-state index in [1.54, 1.807) is 12.1 Å². The highest BCUT2D eigenvalue weighted by Crippen LogP contribution is 2.22. The first-order chi connectivity index (χ1) is 17.2. The van der Waals surface area contributed by atoms with E-state index in [9.17, 15) is 4.79 Å². The van der Waals surface area contributed by atoms with Crippen molar-refractivity contribution in [1.29, 1.82) is 0 Å². The van der Waals surface area contributed by atoms with Gasteiger partial charge in [-0.2, -0.15) is 0 Å². The van der Waals surface area contributed by atoms with E-state index in [0.29, 0.717) is 24.8 Å². The van der Waals surface area contributed by atoms with Crippen molar-refractivity contribution in [3.05, 3.63) is 84.1 Å². The van der Waals surface area contributed by atoms with Gasteiger partial charge in [-0.1, -0.05) is 38.1 Å². The van der Waals surface area contributed by atoms with Crippen LogP contribution in [0.15, 0.2) is 71.3 Å². The van der Waals surface area contributed by atoms with Crippen LogP contribution in [0.2, 0.25) is 0 Å². The second-order valence-corrected chi connectivity index (χ2v) is 8.94. The molecule has 4 rings (SSSR count). The van der Waals surface area contributed by atoms with Gasteiger partial charge in [-0.15, -0.1) is 0 Å². The fourth-order valence-corrected chi connectivity index (χ4v) is 4.20. The second-order valence-electron chi connectivity index (χ2n) is 8.94. The number of carbonyl (C=O) groups excluding carboxylic acids is 1. The molecule has 1 atom stereocenters. The molecule has 184 valence electrons. The maximum Gasteiger partial charge on any atom is 0.286 e. The summed E-state index contributed by atoms with van der Waals surface area (Å²) < 4.78 is 13.4. The third-order valence-electron chi connectivity index (χ3n) is 6.45. The summed E-state index contributed by atoms with van der Waals surface area (Å²) in [6.45, 7) is 6.63. The lowest BCUT2D eigenvalue weighted by Gasteiger charge is -2.12. The molecule has 6 nitrogen and oxygen atoms in total. The fraction of sp³-hybridized carbons (Fsp3) is 0.379. The van der Waals surface area contributed by atoms with Crippen LogP contribution in [0.25, 0.3) is 11.0 Å². The van der Waals surface area contributed by atoms with Crippen molar-refractivity contribution < 1.29 is 13.9 Å². The summed E-state index contributed by atoms with van der Waals surface area (Å²) in [5, 5.41) is 2.91. The molecule has 2 aromatic heterocycles. The molecule has 1 unspecified atom stereocenters. The zero-order valence-corrected chi connectivity index (χ0v) is 20.7. The van der Waals surface area contributed by atoms with Crippen LogP contribution in [0.1, 0.15) is 67.4 Å². The molecule has 0 bridgehead atoms. The Labute approximate surface area is 207 Å². The number of ether oxygens (including phenoxy) is 1. The lowest BCUT2D eigenvalue weighted by Crippen LogP contribution is -2.24. The van der Waals surface area contributed by atoms with Gasteiger partial charge in [0.05, 0.1) is 23.9 Å². The zero-order valence-electron chi connectivity index (χ0n) is 20.7. The van der Waals surface area contributed by atoms with E-state index < -0.39 is 0 Å². The van der Waals surface area contributed by atoms with Crippen LogP contribution in [0.3, 0.4) is 0 Å². The molecule has 0 aliphatic carbocycles. The van der Waals surface area contributed by atoms with Crippen LogP contribution in [-0.2, 0) is 13.0 Å². The lowest BCUT2D eigenvalue weighted by atomic mass is 9.99. The first-order valence-corrected chi connectivity index (χ1v) is 12.6. The third kappa shape index (κ3) is 6.53. The molecule has 1 amide bonds. The quantitative estimate of drug-likeness (QED) is 0.229. The molecule has 0 aliphatic rings. The number of rotatable bonds is 13. The van der Waals surface area contributed by atoms with Gasteiger partial charge in [0, 0.05) is 19.5 Å². The molecule has 0 radical (unpaired) electrons. The summed E-state index contributed by atoms with van der Waals surface area (Å²) in [5.74, 6) is 2.72. The van der Waals surface area contributed by atoms with Crippen molar-refractivity contribution in [3.8, 4) is 5.75 Å². The maximum atomic E-state index is 12.1. The summed E-state index contributed by atoms with van der Waals surface area (Å²) in [4.78, 5) is 16.9. The van der Waals surface area contributed by atoms with Crippen LogP contribution in [0.5, 0.6) is 5.75 Å². The van der Waals surface area contributed by atoms with Crippen molar-refractivity contribution in [1.82, 2.24) is 14.9 Å². The predicted molar refractivity (Wildman–Crippen MR) is 139 cm³/mol. The predicted octanol–water partition coefficient (Wildman–Crippen LogP) is 6.36. The molecule has 2 heterocycles. The van der Waals surface area contributed by atoms with E-state index in [4.69, 9.17) is 14.1 Å². The minimum Gasteiger partial charge on any atom is -0.494 e. The van der Waals surface area contributed by atoms with Gasteiger partial charge in [0.25, 0.3) is 5.91 Å². The largest absolute Gasteiger partial charge is 0.494 e. The Kier molecular flexibility index (Phi) is 8.60. The van der Waals surface area contributed by atoms with Crippen molar-refractivity contribution in [3.63, 3.8) is 0 Å². The Morgan fingerprint density at radius 2 is 1.89 bits per heavy atom. The van der Waals surface area contributed by atoms with Crippen molar-refractivity contribution in [2.75, 3.05) is 13.2 Å². The standard InChI is InChI=1S/C29H35N3O3/c1-3-22(2)23-14-16-24(17-15-23)34-20-7-6-19-32-26-11-5-4-10-25(26)31-28(32)13-8-18-30-29(33)27-12-9-21-35-27/h4-5,9-12,14-17,21-22H,3,6-8,13,18-20H2,1-2H3,(H,30,33). The third-order valence-corrected chi connectivity index (χ3v) is 6.45. The van der Waals surface area contributed by atoms with Gasteiger partial charge in [0.15, 0.2) is 5.76 Å². The summed E-state index contributed by atoms with van der Waals surface area (Å²) in [6.07, 6.45) is 6.24. The molecule has 4 aromatic rings. The van der Waals surface area contributed by atoms with Crippen LogP contribution in [-0.4, -0.2) is 28.6 Å². The monoisotopic (exact) mass is 473 g/mol. The number of amides is 1. The van der Waals surface area contributed by atoms with E-state index in [-0.39, 0.29) is 5.91 Å². The minimum atomic E-state index is -0.182. The number of nitrogens with one attached hydrogen (secondary N) is 1. The van der Waals surface area contributed by atoms with E-state index in [1.807, 2.05) is 6.07 Å². The summed E-state index contributed by atoms with van der Waals surface area (Å²) in [5.41, 5.74) is 3.53. The Morgan fingerprint density at radius 3 is 2.66 bits per heavy atom. The smallest absolute Gasteiger partial charge is 0.286 e. The molecule has 0 aliphatic heterocycles.